The summed E-state index contributed by atoms with van der Waals surface area (Å²) >= 11 is 5.77. The normalized spacial score (nSPS) is 12.0. The van der Waals surface area contributed by atoms with E-state index in [0.29, 0.717) is 5.88 Å². The summed E-state index contributed by atoms with van der Waals surface area (Å²) in [6.07, 6.45) is 8.42. The van der Waals surface area contributed by atoms with Crippen molar-refractivity contribution in [3.63, 3.8) is 0 Å². The summed E-state index contributed by atoms with van der Waals surface area (Å²) in [5.74, 6) is 0.431. The minimum Gasteiger partial charge on any atom is -0.334 e. The number of hydrogen-bond donors (Lipinski definition) is 2. The second-order valence-electron chi connectivity index (χ2n) is 5.72. The molecule has 0 aliphatic carbocycles. The zero-order valence-corrected chi connectivity index (χ0v) is 14.6. The van der Waals surface area contributed by atoms with E-state index in [0.717, 1.165) is 18.5 Å². The van der Waals surface area contributed by atoms with Crippen molar-refractivity contribution >= 4 is 23.3 Å². The predicted octanol–water partition coefficient (Wildman–Crippen LogP) is 5.34. The van der Waals surface area contributed by atoms with Gasteiger partial charge in [0.05, 0.1) is 0 Å². The minimum atomic E-state index is -0.195. The highest BCUT2D eigenvalue weighted by Crippen LogP contribution is 2.13. The first-order valence-corrected chi connectivity index (χ1v) is 8.95. The van der Waals surface area contributed by atoms with Gasteiger partial charge in [-0.25, -0.2) is 4.79 Å². The van der Waals surface area contributed by atoms with E-state index in [1.807, 2.05) is 19.1 Å². The van der Waals surface area contributed by atoms with E-state index in [2.05, 4.69) is 29.7 Å². The molecule has 124 valence electrons. The Bertz CT molecular complexity index is 416. The van der Waals surface area contributed by atoms with Crippen molar-refractivity contribution in [3.05, 3.63) is 29.8 Å². The third-order valence-electron chi connectivity index (χ3n) is 3.80. The molecule has 0 saturated heterocycles. The summed E-state index contributed by atoms with van der Waals surface area (Å²) in [6, 6.07) is 7.93. The van der Waals surface area contributed by atoms with E-state index in [-0.39, 0.29) is 12.1 Å². The van der Waals surface area contributed by atoms with Gasteiger partial charge in [0.25, 0.3) is 0 Å². The van der Waals surface area contributed by atoms with Gasteiger partial charge < -0.3 is 10.6 Å². The Balaban J connectivity index is 2.33. The molecule has 0 heterocycles. The van der Waals surface area contributed by atoms with Gasteiger partial charge in [-0.15, -0.1) is 11.6 Å². The van der Waals surface area contributed by atoms with Gasteiger partial charge in [0.1, 0.15) is 0 Å². The van der Waals surface area contributed by atoms with Gasteiger partial charge in [-0.3, -0.25) is 0 Å². The van der Waals surface area contributed by atoms with E-state index in [9.17, 15) is 4.79 Å². The van der Waals surface area contributed by atoms with Crippen LogP contribution >= 0.6 is 11.6 Å². The number of hydrogen-bond acceptors (Lipinski definition) is 1. The molecule has 4 heteroatoms. The minimum absolute atomic E-state index is 0.0176. The molecular formula is C18H29ClN2O. The number of halogens is 1. The van der Waals surface area contributed by atoms with Crippen molar-refractivity contribution in [1.29, 1.82) is 0 Å². The zero-order chi connectivity index (χ0) is 16.2. The molecule has 1 rings (SSSR count). The molecule has 22 heavy (non-hydrogen) atoms. The van der Waals surface area contributed by atoms with E-state index in [4.69, 9.17) is 11.6 Å². The van der Waals surface area contributed by atoms with Crippen LogP contribution in [0, 0.1) is 0 Å². The molecule has 3 nitrogen and oxygen atoms in total. The molecule has 1 aromatic rings. The second-order valence-corrected chi connectivity index (χ2v) is 6.03. The van der Waals surface area contributed by atoms with Crippen LogP contribution in [0.3, 0.4) is 0 Å². The lowest BCUT2D eigenvalue weighted by molar-refractivity contribution is 0.249. The maximum atomic E-state index is 11.8. The molecule has 0 saturated carbocycles. The van der Waals surface area contributed by atoms with E-state index >= 15 is 0 Å². The molecule has 0 aliphatic rings. The lowest BCUT2D eigenvalue weighted by Gasteiger charge is -2.14. The van der Waals surface area contributed by atoms with E-state index in [1.165, 1.54) is 37.7 Å². The Labute approximate surface area is 139 Å². The molecule has 0 spiro atoms. The lowest BCUT2D eigenvalue weighted by Crippen LogP contribution is -2.38. The molecule has 1 atom stereocenters. The summed E-state index contributed by atoms with van der Waals surface area (Å²) in [4.78, 5) is 11.8. The monoisotopic (exact) mass is 324 g/mol. The van der Waals surface area contributed by atoms with Crippen molar-refractivity contribution in [2.24, 2.45) is 0 Å². The van der Waals surface area contributed by atoms with Crippen LogP contribution in [0.1, 0.15) is 57.9 Å². The Morgan fingerprint density at radius 1 is 1.09 bits per heavy atom. The van der Waals surface area contributed by atoms with Crippen molar-refractivity contribution in [1.82, 2.24) is 5.32 Å². The van der Waals surface area contributed by atoms with Crippen LogP contribution < -0.4 is 10.6 Å². The maximum Gasteiger partial charge on any atom is 0.319 e. The van der Waals surface area contributed by atoms with Gasteiger partial charge in [0.2, 0.25) is 0 Å². The Morgan fingerprint density at radius 2 is 1.77 bits per heavy atom. The van der Waals surface area contributed by atoms with Gasteiger partial charge in [-0.1, -0.05) is 51.7 Å². The van der Waals surface area contributed by atoms with Crippen LogP contribution in [-0.4, -0.2) is 18.0 Å². The molecular weight excluding hydrogens is 296 g/mol. The lowest BCUT2D eigenvalue weighted by atomic mass is 10.1. The number of rotatable bonds is 10. The number of amides is 2. The highest BCUT2D eigenvalue weighted by Gasteiger charge is 2.08. The van der Waals surface area contributed by atoms with Crippen LogP contribution in [0.25, 0.3) is 0 Å². The number of carbonyl (C=O) groups is 1. The first-order chi connectivity index (χ1) is 10.7. The fourth-order valence-corrected chi connectivity index (χ4v) is 2.59. The number of unbranched alkanes of at least 4 members (excludes halogenated alkanes) is 4. The molecule has 2 amide bonds. The van der Waals surface area contributed by atoms with Crippen LogP contribution in [0.4, 0.5) is 10.5 Å². The maximum absolute atomic E-state index is 11.8. The van der Waals surface area contributed by atoms with Gasteiger partial charge in [-0.05, 0) is 37.0 Å². The molecule has 1 aromatic carbocycles. The summed E-state index contributed by atoms with van der Waals surface area (Å²) in [5.41, 5.74) is 2.14. The first kappa shape index (κ1) is 18.8. The van der Waals surface area contributed by atoms with Crippen LogP contribution in [0.15, 0.2) is 24.3 Å². The molecule has 0 fully saturated rings. The number of aryl methyl sites for hydroxylation is 1. The summed E-state index contributed by atoms with van der Waals surface area (Å²) < 4.78 is 0. The third-order valence-corrected chi connectivity index (χ3v) is 4.17. The van der Waals surface area contributed by atoms with Gasteiger partial charge in [0, 0.05) is 17.6 Å². The first-order valence-electron chi connectivity index (χ1n) is 8.42. The number of nitrogens with one attached hydrogen (secondary N) is 2. The Morgan fingerprint density at radius 3 is 2.36 bits per heavy atom. The average Bonchev–Trinajstić information content (AvgIpc) is 2.54. The molecule has 0 aliphatic heterocycles. The van der Waals surface area contributed by atoms with Gasteiger partial charge in [-0.2, -0.15) is 0 Å². The molecule has 0 bridgehead atoms. The predicted molar refractivity (Wildman–Crippen MR) is 95.9 cm³/mol. The fraction of sp³-hybridized carbons (Fsp3) is 0.611. The molecule has 2 N–H and O–H groups in total. The van der Waals surface area contributed by atoms with Crippen molar-refractivity contribution in [2.45, 2.75) is 64.8 Å². The number of alkyl halides is 1. The quantitative estimate of drug-likeness (QED) is 0.442. The zero-order valence-electron chi connectivity index (χ0n) is 13.8. The molecule has 0 radical (unpaired) electrons. The van der Waals surface area contributed by atoms with Crippen LogP contribution in [0.2, 0.25) is 0 Å². The highest BCUT2D eigenvalue weighted by molar-refractivity contribution is 6.18. The Kier molecular flexibility index (Phi) is 9.72. The van der Waals surface area contributed by atoms with Crippen LogP contribution in [0.5, 0.6) is 0 Å². The van der Waals surface area contributed by atoms with Crippen molar-refractivity contribution in [2.75, 3.05) is 11.2 Å². The van der Waals surface area contributed by atoms with Crippen LogP contribution in [-0.2, 0) is 6.42 Å². The summed E-state index contributed by atoms with van der Waals surface area (Å²) in [5, 5.41) is 5.69. The number of benzene rings is 1. The summed E-state index contributed by atoms with van der Waals surface area (Å²) in [6.45, 7) is 4.24. The number of anilines is 1. The topological polar surface area (TPSA) is 41.1 Å². The number of urea groups is 1. The van der Waals surface area contributed by atoms with Gasteiger partial charge in [0.15, 0.2) is 0 Å². The van der Waals surface area contributed by atoms with Crippen molar-refractivity contribution < 1.29 is 4.79 Å². The van der Waals surface area contributed by atoms with E-state index < -0.39 is 0 Å². The SMILES string of the molecule is CCCCCCCc1ccc(NC(=O)N[C@@H](CC)CCl)cc1. The van der Waals surface area contributed by atoms with Gasteiger partial charge >= 0.3 is 6.03 Å². The standard InChI is InChI=1S/C18H29ClN2O/c1-3-5-6-7-8-9-15-10-12-17(13-11-15)21-18(22)20-16(4-2)14-19/h10-13,16H,3-9,14H2,1-2H3,(H2,20,21,22)/t16-/m0/s1. The number of carbonyl (C=O) groups excluding carboxylic acids is 1. The third kappa shape index (κ3) is 7.69. The largest absolute Gasteiger partial charge is 0.334 e. The Hall–Kier alpha value is -1.22. The average molecular weight is 325 g/mol. The smallest absolute Gasteiger partial charge is 0.319 e. The summed E-state index contributed by atoms with van der Waals surface area (Å²) in [7, 11) is 0. The second kappa shape index (κ2) is 11.4. The van der Waals surface area contributed by atoms with Crippen molar-refractivity contribution in [3.8, 4) is 0 Å². The molecule has 0 unspecified atom stereocenters. The highest BCUT2D eigenvalue weighted by atomic mass is 35.5. The fourth-order valence-electron chi connectivity index (χ4n) is 2.29. The van der Waals surface area contributed by atoms with E-state index in [1.54, 1.807) is 0 Å². The molecule has 0 aromatic heterocycles.